The number of esters is 1. The van der Waals surface area contributed by atoms with Crippen LogP contribution in [0.3, 0.4) is 0 Å². The van der Waals surface area contributed by atoms with Gasteiger partial charge in [0, 0.05) is 14.1 Å². The van der Waals surface area contributed by atoms with E-state index in [4.69, 9.17) is 9.47 Å². The molecule has 0 aliphatic rings. The van der Waals surface area contributed by atoms with Crippen molar-refractivity contribution < 1.29 is 23.9 Å². The minimum atomic E-state index is -0.619. The van der Waals surface area contributed by atoms with Crippen molar-refractivity contribution in [1.82, 2.24) is 9.80 Å². The van der Waals surface area contributed by atoms with E-state index in [1.165, 1.54) is 37.9 Å². The molecule has 0 aliphatic carbocycles. The molecule has 0 aromatic carbocycles. The molecule has 0 unspecified atom stereocenters. The number of hydrogen-bond donors (Lipinski definition) is 0. The molecule has 24 heavy (non-hydrogen) atoms. The zero-order valence-corrected chi connectivity index (χ0v) is 15.1. The molecule has 0 rings (SSSR count). The van der Waals surface area contributed by atoms with E-state index in [9.17, 15) is 14.4 Å². The highest BCUT2D eigenvalue weighted by atomic mass is 16.6. The maximum Gasteiger partial charge on any atom is 0.410 e. The Hall–Kier alpha value is -2.05. The first-order valence-electron chi connectivity index (χ1n) is 8.30. The van der Waals surface area contributed by atoms with Crippen molar-refractivity contribution in [3.63, 3.8) is 0 Å². The highest BCUT2D eigenvalue weighted by molar-refractivity contribution is 5.85. The summed E-state index contributed by atoms with van der Waals surface area (Å²) in [6, 6.07) is 0. The van der Waals surface area contributed by atoms with Gasteiger partial charge in [0.15, 0.2) is 0 Å². The Bertz CT molecular complexity index is 412. The van der Waals surface area contributed by atoms with Gasteiger partial charge in [0.2, 0.25) is 5.91 Å². The lowest BCUT2D eigenvalue weighted by Gasteiger charge is -2.21. The molecular weight excluding hydrogens is 312 g/mol. The fourth-order valence-corrected chi connectivity index (χ4v) is 1.85. The Morgan fingerprint density at radius 3 is 2.25 bits per heavy atom. The number of unbranched alkanes of at least 4 members (excludes halogenated alkanes) is 4. The number of ether oxygens (including phenoxy) is 2. The molecule has 7 heteroatoms. The van der Waals surface area contributed by atoms with Crippen molar-refractivity contribution in [1.29, 1.82) is 0 Å². The molecular formula is C17H30N2O5. The third kappa shape index (κ3) is 10.6. The maximum atomic E-state index is 12.0. The molecule has 0 spiro atoms. The van der Waals surface area contributed by atoms with E-state index >= 15 is 0 Å². The van der Waals surface area contributed by atoms with Crippen LogP contribution in [0.1, 0.15) is 39.0 Å². The molecule has 0 aliphatic heterocycles. The van der Waals surface area contributed by atoms with Gasteiger partial charge in [0.05, 0.1) is 6.61 Å². The fraction of sp³-hybridized carbons (Fsp3) is 0.706. The van der Waals surface area contributed by atoms with E-state index in [0.717, 1.165) is 24.2 Å². The summed E-state index contributed by atoms with van der Waals surface area (Å²) in [6.45, 7) is 5.73. The first-order valence-corrected chi connectivity index (χ1v) is 8.30. The van der Waals surface area contributed by atoms with E-state index in [2.05, 4.69) is 13.5 Å². The van der Waals surface area contributed by atoms with E-state index in [-0.39, 0.29) is 25.6 Å². The van der Waals surface area contributed by atoms with Gasteiger partial charge >= 0.3 is 12.1 Å². The van der Waals surface area contributed by atoms with Gasteiger partial charge < -0.3 is 19.3 Å². The second-order valence-corrected chi connectivity index (χ2v) is 5.61. The van der Waals surface area contributed by atoms with E-state index in [0.29, 0.717) is 6.61 Å². The topological polar surface area (TPSA) is 76.2 Å². The fourth-order valence-electron chi connectivity index (χ4n) is 1.85. The molecule has 7 nitrogen and oxygen atoms in total. The number of nitrogens with zero attached hydrogens (tertiary/aromatic N) is 2. The Morgan fingerprint density at radius 1 is 0.958 bits per heavy atom. The summed E-state index contributed by atoms with van der Waals surface area (Å²) in [7, 11) is 2.94. The van der Waals surface area contributed by atoms with Gasteiger partial charge in [0.1, 0.15) is 19.7 Å². The number of carbonyl (C=O) groups excluding carboxylic acids is 3. The van der Waals surface area contributed by atoms with Crippen LogP contribution in [-0.4, -0.2) is 68.2 Å². The van der Waals surface area contributed by atoms with Crippen molar-refractivity contribution in [2.45, 2.75) is 39.0 Å². The van der Waals surface area contributed by atoms with Crippen LogP contribution in [0.5, 0.6) is 0 Å². The van der Waals surface area contributed by atoms with Crippen LogP contribution >= 0.6 is 0 Å². The van der Waals surface area contributed by atoms with Gasteiger partial charge in [-0.15, -0.1) is 0 Å². The summed E-state index contributed by atoms with van der Waals surface area (Å²) in [6.07, 6.45) is 6.19. The van der Waals surface area contributed by atoms with Gasteiger partial charge in [-0.05, 0) is 6.42 Å². The van der Waals surface area contributed by atoms with Crippen LogP contribution in [0.2, 0.25) is 0 Å². The van der Waals surface area contributed by atoms with Gasteiger partial charge in [-0.2, -0.15) is 0 Å². The quantitative estimate of drug-likeness (QED) is 0.309. The average Bonchev–Trinajstić information content (AvgIpc) is 2.55. The Labute approximate surface area is 144 Å². The molecule has 138 valence electrons. The average molecular weight is 342 g/mol. The second kappa shape index (κ2) is 13.4. The maximum absolute atomic E-state index is 12.0. The number of rotatable bonds is 12. The van der Waals surface area contributed by atoms with E-state index in [1.54, 1.807) is 0 Å². The predicted octanol–water partition coefficient (Wildman–Crippen LogP) is 2.21. The summed E-state index contributed by atoms with van der Waals surface area (Å²) >= 11 is 0. The zero-order chi connectivity index (χ0) is 18.4. The van der Waals surface area contributed by atoms with Crippen LogP contribution < -0.4 is 0 Å². The highest BCUT2D eigenvalue weighted by Gasteiger charge is 2.18. The summed E-state index contributed by atoms with van der Waals surface area (Å²) in [4.78, 5) is 37.5. The van der Waals surface area contributed by atoms with Crippen molar-refractivity contribution in [2.24, 2.45) is 0 Å². The highest BCUT2D eigenvalue weighted by Crippen LogP contribution is 2.02. The number of hydrogen-bond acceptors (Lipinski definition) is 5. The van der Waals surface area contributed by atoms with Crippen molar-refractivity contribution in [3.8, 4) is 0 Å². The number of carbonyl (C=O) groups is 3. The molecule has 0 aromatic heterocycles. The molecule has 0 saturated heterocycles. The van der Waals surface area contributed by atoms with Gasteiger partial charge in [-0.3, -0.25) is 9.59 Å². The monoisotopic (exact) mass is 342 g/mol. The largest absolute Gasteiger partial charge is 0.464 e. The van der Waals surface area contributed by atoms with Gasteiger partial charge in [0.25, 0.3) is 0 Å². The number of likely N-dealkylation sites (N-methyl/N-ethyl adjacent to an activating group) is 2. The molecule has 0 radical (unpaired) electrons. The third-order valence-corrected chi connectivity index (χ3v) is 3.31. The normalized spacial score (nSPS) is 9.96. The lowest BCUT2D eigenvalue weighted by Crippen LogP contribution is -2.41. The standard InChI is InChI=1S/C17H30N2O5/c1-5-7-8-9-10-12-23-16(21)14-18(3)15(20)13-19(4)17(22)24-11-6-2/h6H,2,5,7-14H2,1,3-4H3. The summed E-state index contributed by atoms with van der Waals surface area (Å²) in [5.41, 5.74) is 0. The van der Waals surface area contributed by atoms with Crippen molar-refractivity contribution >= 4 is 18.0 Å². The van der Waals surface area contributed by atoms with Crippen LogP contribution in [-0.2, 0) is 19.1 Å². The second-order valence-electron chi connectivity index (χ2n) is 5.61. The van der Waals surface area contributed by atoms with Crippen LogP contribution in [0.25, 0.3) is 0 Å². The summed E-state index contributed by atoms with van der Waals surface area (Å²) in [5.74, 6) is -0.814. The molecule has 2 amide bonds. The van der Waals surface area contributed by atoms with Crippen molar-refractivity contribution in [3.05, 3.63) is 12.7 Å². The molecule has 0 fully saturated rings. The zero-order valence-electron chi connectivity index (χ0n) is 15.1. The molecule has 0 atom stereocenters. The number of amides is 2. The molecule has 0 bridgehead atoms. The predicted molar refractivity (Wildman–Crippen MR) is 91.5 cm³/mol. The van der Waals surface area contributed by atoms with Gasteiger partial charge in [-0.25, -0.2) is 4.79 Å². The van der Waals surface area contributed by atoms with E-state index < -0.39 is 12.1 Å². The Balaban J connectivity index is 3.97. The van der Waals surface area contributed by atoms with Crippen LogP contribution in [0.15, 0.2) is 12.7 Å². The molecule has 0 saturated carbocycles. The lowest BCUT2D eigenvalue weighted by molar-refractivity contribution is -0.148. The Kier molecular flexibility index (Phi) is 12.3. The summed E-state index contributed by atoms with van der Waals surface area (Å²) < 4.78 is 9.91. The minimum Gasteiger partial charge on any atom is -0.464 e. The first-order chi connectivity index (χ1) is 11.4. The SMILES string of the molecule is C=CCOC(=O)N(C)CC(=O)N(C)CC(=O)OCCCCCCC. The third-order valence-electron chi connectivity index (χ3n) is 3.31. The minimum absolute atomic E-state index is 0.0811. The van der Waals surface area contributed by atoms with Crippen molar-refractivity contribution in [2.75, 3.05) is 40.4 Å². The smallest absolute Gasteiger partial charge is 0.410 e. The summed E-state index contributed by atoms with van der Waals surface area (Å²) in [5, 5.41) is 0. The first kappa shape index (κ1) is 21.9. The van der Waals surface area contributed by atoms with Crippen LogP contribution in [0, 0.1) is 0 Å². The Morgan fingerprint density at radius 2 is 1.62 bits per heavy atom. The van der Waals surface area contributed by atoms with Gasteiger partial charge in [-0.1, -0.05) is 45.3 Å². The van der Waals surface area contributed by atoms with Crippen LogP contribution in [0.4, 0.5) is 4.79 Å². The molecule has 0 aromatic rings. The molecule has 0 N–H and O–H groups in total. The lowest BCUT2D eigenvalue weighted by atomic mass is 10.2. The molecule has 0 heterocycles. The van der Waals surface area contributed by atoms with E-state index in [1.807, 2.05) is 0 Å².